The van der Waals surface area contributed by atoms with Gasteiger partial charge in [-0.05, 0) is 0 Å². The fourth-order valence-corrected chi connectivity index (χ4v) is 0. The third kappa shape index (κ3) is 184. The van der Waals surface area contributed by atoms with E-state index in [1.807, 2.05) is 0 Å². The summed E-state index contributed by atoms with van der Waals surface area (Å²) >= 11 is 0. The Hall–Kier alpha value is -1.44. The van der Waals surface area contributed by atoms with Gasteiger partial charge in [0.05, 0.1) is 0 Å². The first-order chi connectivity index (χ1) is 3.68. The maximum atomic E-state index is 8.83. The summed E-state index contributed by atoms with van der Waals surface area (Å²) in [6.07, 6.45) is 0. The van der Waals surface area contributed by atoms with Crippen molar-refractivity contribution in [3.05, 3.63) is 15.0 Å². The van der Waals surface area contributed by atoms with E-state index in [2.05, 4.69) is 10.8 Å². The monoisotopic (exact) mass is 125 g/mol. The molecule has 8 heavy (non-hydrogen) atoms. The average Bonchev–Trinajstić information content (AvgIpc) is 1.69. The molecule has 0 rings (SSSR count). The van der Waals surface area contributed by atoms with Gasteiger partial charge in [0.2, 0.25) is 0 Å². The van der Waals surface area contributed by atoms with E-state index in [1.54, 1.807) is 0 Å². The molecule has 0 amide bonds. The Labute approximate surface area is 42.8 Å². The van der Waals surface area contributed by atoms with Crippen LogP contribution in [0.4, 0.5) is 0 Å². The molecule has 0 aromatic rings. The Morgan fingerprint density at radius 1 is 1.88 bits per heavy atom. The van der Waals surface area contributed by atoms with Crippen molar-refractivity contribution in [2.75, 3.05) is 0 Å². The molecule has 8 heteroatoms. The summed E-state index contributed by atoms with van der Waals surface area (Å²) in [7, 11) is 0. The van der Waals surface area contributed by atoms with E-state index in [0.29, 0.717) is 0 Å². The van der Waals surface area contributed by atoms with Gasteiger partial charge >= 0.3 is 5.09 Å². The molecule has 0 radical (unpaired) electrons. The second kappa shape index (κ2) is 9.12. The van der Waals surface area contributed by atoms with Gasteiger partial charge in [-0.25, -0.2) is 4.94 Å². The quantitative estimate of drug-likeness (QED) is 0.268. The van der Waals surface area contributed by atoms with Crippen molar-refractivity contribution in [1.82, 2.24) is 0 Å². The van der Waals surface area contributed by atoms with Crippen LogP contribution in [0.2, 0.25) is 0 Å². The van der Waals surface area contributed by atoms with Crippen molar-refractivity contribution in [2.24, 2.45) is 11.2 Å². The highest BCUT2D eigenvalue weighted by Crippen LogP contribution is 1.52. The number of rotatable bonds is 1. The number of nitrogens with two attached hydrogens (primary N) is 1. The van der Waals surface area contributed by atoms with E-state index in [-0.39, 0.29) is 0 Å². The van der Waals surface area contributed by atoms with Crippen LogP contribution in [0.15, 0.2) is 5.34 Å². The maximum absolute atomic E-state index is 8.83. The van der Waals surface area contributed by atoms with Gasteiger partial charge in [-0.1, -0.05) is 0 Å². The van der Waals surface area contributed by atoms with Crippen LogP contribution in [0.25, 0.3) is 0 Å². The fourth-order valence-electron chi connectivity index (χ4n) is 0. The second-order valence-electron chi connectivity index (χ2n) is 0.411. The van der Waals surface area contributed by atoms with Gasteiger partial charge in [0.25, 0.3) is 0 Å². The topological polar surface area (TPSA) is 128 Å². The molecule has 0 aliphatic rings. The van der Waals surface area contributed by atoms with Crippen molar-refractivity contribution < 1.29 is 15.2 Å². The molecule has 0 aromatic heterocycles. The zero-order valence-electron chi connectivity index (χ0n) is 3.55. The summed E-state index contributed by atoms with van der Waals surface area (Å²) in [5.41, 5.74) is 0. The summed E-state index contributed by atoms with van der Waals surface area (Å²) < 4.78 is 0. The third-order valence-corrected chi connectivity index (χ3v) is 0.0861. The molecular formula is H3N3O5. The summed E-state index contributed by atoms with van der Waals surface area (Å²) in [6, 6.07) is 0. The van der Waals surface area contributed by atoms with Gasteiger partial charge in [-0.2, -0.15) is 5.90 Å². The van der Waals surface area contributed by atoms with Crippen LogP contribution in [0.5, 0.6) is 0 Å². The average molecular weight is 125 g/mol. The van der Waals surface area contributed by atoms with Gasteiger partial charge in [-0.3, -0.25) is 0 Å². The zero-order chi connectivity index (χ0) is 6.99. The first kappa shape index (κ1) is 9.75. The molecule has 0 spiro atoms. The summed E-state index contributed by atoms with van der Waals surface area (Å²) in [5.74, 6) is 3.97. The predicted molar refractivity (Wildman–Crippen MR) is 19.8 cm³/mol. The highest BCUT2D eigenvalue weighted by Gasteiger charge is 1.78. The lowest BCUT2D eigenvalue weighted by atomic mass is 13.0. The van der Waals surface area contributed by atoms with Crippen molar-refractivity contribution in [1.29, 1.82) is 0 Å². The summed E-state index contributed by atoms with van der Waals surface area (Å²) in [6.45, 7) is 0. The lowest BCUT2D eigenvalue weighted by Crippen LogP contribution is -2.05. The molecule has 0 heterocycles. The van der Waals surface area contributed by atoms with Crippen LogP contribution in [-0.2, 0) is 4.94 Å². The Bertz CT molecular complexity index is 68.1. The molecule has 0 aliphatic carbocycles. The molecule has 0 saturated heterocycles. The first-order valence-electron chi connectivity index (χ1n) is 1.17. The highest BCUT2D eigenvalue weighted by atomic mass is 17.0. The van der Waals surface area contributed by atoms with Crippen LogP contribution < -0.4 is 5.90 Å². The van der Waals surface area contributed by atoms with Gasteiger partial charge in [0.1, 0.15) is 0 Å². The largest absolute Gasteiger partial charge is 0.379 e. The standard InChI is InChI=1S/H2N2O3.HNO2/c1-5-2(3)4;2-1-3/h1H2;(H,2,3). The zero-order valence-corrected chi connectivity index (χ0v) is 3.55. The number of hydrogen-bond acceptors (Lipinski definition) is 6. The lowest BCUT2D eigenvalue weighted by molar-refractivity contribution is -0.762. The fraction of sp³-hybridized carbons (Fsp3) is 0. The SMILES string of the molecule is NO[N+](=O)[O-].O=NO. The van der Waals surface area contributed by atoms with E-state index < -0.39 is 5.09 Å². The van der Waals surface area contributed by atoms with E-state index in [4.69, 9.17) is 20.2 Å². The second-order valence-corrected chi connectivity index (χ2v) is 0.411. The van der Waals surface area contributed by atoms with E-state index in [1.165, 1.54) is 5.34 Å². The van der Waals surface area contributed by atoms with Crippen molar-refractivity contribution in [3.63, 3.8) is 0 Å². The van der Waals surface area contributed by atoms with Gasteiger partial charge in [-0.15, -0.1) is 15.0 Å². The maximum Gasteiger partial charge on any atom is 0.311 e. The van der Waals surface area contributed by atoms with E-state index in [9.17, 15) is 0 Å². The lowest BCUT2D eigenvalue weighted by Gasteiger charge is -1.74. The Morgan fingerprint density at radius 2 is 2.00 bits per heavy atom. The van der Waals surface area contributed by atoms with Crippen LogP contribution >= 0.6 is 0 Å². The van der Waals surface area contributed by atoms with Crippen molar-refractivity contribution in [2.45, 2.75) is 0 Å². The van der Waals surface area contributed by atoms with Gasteiger partial charge in [0.15, 0.2) is 5.34 Å². The minimum Gasteiger partial charge on any atom is -0.379 e. The van der Waals surface area contributed by atoms with Crippen LogP contribution in [0.3, 0.4) is 0 Å². The third-order valence-electron chi connectivity index (χ3n) is 0.0861. The van der Waals surface area contributed by atoms with Crippen molar-refractivity contribution >= 4 is 0 Å². The Kier molecular flexibility index (Phi) is 11.1. The Balaban J connectivity index is 0. The normalized spacial score (nSPS) is 5.62. The van der Waals surface area contributed by atoms with Crippen LogP contribution in [0.1, 0.15) is 0 Å². The van der Waals surface area contributed by atoms with Crippen LogP contribution in [-0.4, -0.2) is 10.3 Å². The van der Waals surface area contributed by atoms with E-state index in [0.717, 1.165) is 0 Å². The minimum absolute atomic E-state index is 1.10. The first-order valence-corrected chi connectivity index (χ1v) is 1.17. The molecule has 0 unspecified atom stereocenters. The van der Waals surface area contributed by atoms with Gasteiger partial charge in [0, 0.05) is 0 Å². The van der Waals surface area contributed by atoms with Gasteiger partial charge < -0.3 is 5.21 Å². The molecule has 3 N–H and O–H groups in total. The van der Waals surface area contributed by atoms with Crippen molar-refractivity contribution in [3.8, 4) is 0 Å². The molecule has 0 aliphatic heterocycles. The molecule has 0 bridgehead atoms. The van der Waals surface area contributed by atoms with E-state index >= 15 is 0 Å². The number of nitrogens with zero attached hydrogens (tertiary/aromatic N) is 2. The van der Waals surface area contributed by atoms with Crippen LogP contribution in [0, 0.1) is 15.0 Å². The summed E-state index contributed by atoms with van der Waals surface area (Å²) in [4.78, 5) is 19.9. The summed E-state index contributed by atoms with van der Waals surface area (Å²) in [5, 5.41) is 15.6. The molecule has 8 nitrogen and oxygen atoms in total. The number of hydrogen-bond donors (Lipinski definition) is 2. The molecule has 0 atom stereocenters. The minimum atomic E-state index is -1.10. The highest BCUT2D eigenvalue weighted by molar-refractivity contribution is 3.85. The molecule has 0 saturated carbocycles. The molecule has 48 valence electrons. The predicted octanol–water partition coefficient (Wildman–Crippen LogP) is -0.790. The molecule has 0 fully saturated rings. The Morgan fingerprint density at radius 3 is 2.00 bits per heavy atom. The smallest absolute Gasteiger partial charge is 0.311 e. The molecular weight excluding hydrogens is 122 g/mol. The molecule has 0 aromatic carbocycles.